The van der Waals surface area contributed by atoms with Crippen molar-refractivity contribution in [2.24, 2.45) is 11.8 Å². The lowest BCUT2D eigenvalue weighted by Gasteiger charge is -2.11. The zero-order valence-corrected chi connectivity index (χ0v) is 12.9. The van der Waals surface area contributed by atoms with Crippen molar-refractivity contribution in [2.75, 3.05) is 19.8 Å². The number of aromatic nitrogens is 2. The fourth-order valence-electron chi connectivity index (χ4n) is 1.77. The van der Waals surface area contributed by atoms with E-state index in [9.17, 15) is 0 Å². The van der Waals surface area contributed by atoms with Crippen LogP contribution in [0.4, 0.5) is 0 Å². The van der Waals surface area contributed by atoms with Gasteiger partial charge in [0.05, 0.1) is 18.8 Å². The van der Waals surface area contributed by atoms with Gasteiger partial charge in [-0.05, 0) is 30.9 Å². The third-order valence-electron chi connectivity index (χ3n) is 2.95. The molecule has 1 N–H and O–H groups in total. The molecule has 1 aromatic rings. The van der Waals surface area contributed by atoms with Crippen LogP contribution in [0.2, 0.25) is 0 Å². The average Bonchev–Trinajstić information content (AvgIpc) is 2.75. The number of hydrogen-bond acceptors (Lipinski definition) is 3. The minimum atomic E-state index is 0.677. The summed E-state index contributed by atoms with van der Waals surface area (Å²) in [5.41, 5.74) is 1.23. The number of nitrogens with zero attached hydrogens (tertiary/aromatic N) is 2. The fourth-order valence-corrected chi connectivity index (χ4v) is 1.77. The van der Waals surface area contributed by atoms with E-state index < -0.39 is 0 Å². The highest BCUT2D eigenvalue weighted by atomic mass is 16.5. The molecular formula is C15H29N3O. The van der Waals surface area contributed by atoms with Crippen molar-refractivity contribution in [3.8, 4) is 0 Å². The number of rotatable bonds is 10. The Kier molecular flexibility index (Phi) is 7.75. The molecule has 0 fully saturated rings. The Hall–Kier alpha value is -0.870. The molecule has 0 saturated heterocycles. The normalized spacial score (nSPS) is 11.7. The summed E-state index contributed by atoms with van der Waals surface area (Å²) >= 11 is 0. The van der Waals surface area contributed by atoms with Crippen LogP contribution in [0.25, 0.3) is 0 Å². The van der Waals surface area contributed by atoms with Gasteiger partial charge >= 0.3 is 0 Å². The summed E-state index contributed by atoms with van der Waals surface area (Å²) < 4.78 is 7.66. The van der Waals surface area contributed by atoms with E-state index in [0.29, 0.717) is 11.8 Å². The van der Waals surface area contributed by atoms with E-state index in [1.165, 1.54) is 5.69 Å². The molecule has 0 saturated carbocycles. The molecular weight excluding hydrogens is 238 g/mol. The Morgan fingerprint density at radius 2 is 2.00 bits per heavy atom. The van der Waals surface area contributed by atoms with Gasteiger partial charge in [0.25, 0.3) is 0 Å². The summed E-state index contributed by atoms with van der Waals surface area (Å²) in [4.78, 5) is 0. The van der Waals surface area contributed by atoms with Gasteiger partial charge in [-0.1, -0.05) is 27.7 Å². The lowest BCUT2D eigenvalue weighted by molar-refractivity contribution is 0.113. The van der Waals surface area contributed by atoms with Gasteiger partial charge in [0.1, 0.15) is 0 Å². The van der Waals surface area contributed by atoms with Gasteiger partial charge in [-0.15, -0.1) is 0 Å². The number of hydrogen-bond donors (Lipinski definition) is 1. The minimum Gasteiger partial charge on any atom is -0.380 e. The molecule has 1 aromatic heterocycles. The summed E-state index contributed by atoms with van der Waals surface area (Å²) in [7, 11) is 0. The largest absolute Gasteiger partial charge is 0.380 e. The molecule has 0 spiro atoms. The van der Waals surface area contributed by atoms with Gasteiger partial charge in [0.15, 0.2) is 0 Å². The zero-order valence-electron chi connectivity index (χ0n) is 12.9. The SMILES string of the molecule is CC(C)CCOCCn1nccc1CNCC(C)C. The molecule has 0 bridgehead atoms. The molecule has 4 nitrogen and oxygen atoms in total. The topological polar surface area (TPSA) is 39.1 Å². The van der Waals surface area contributed by atoms with Crippen molar-refractivity contribution in [1.29, 1.82) is 0 Å². The van der Waals surface area contributed by atoms with Crippen LogP contribution in [-0.2, 0) is 17.8 Å². The van der Waals surface area contributed by atoms with Crippen LogP contribution in [0.15, 0.2) is 12.3 Å². The van der Waals surface area contributed by atoms with Gasteiger partial charge in [-0.2, -0.15) is 5.10 Å². The van der Waals surface area contributed by atoms with E-state index in [1.54, 1.807) is 0 Å². The number of ether oxygens (including phenoxy) is 1. The molecule has 0 atom stereocenters. The van der Waals surface area contributed by atoms with Crippen molar-refractivity contribution in [3.05, 3.63) is 18.0 Å². The molecule has 0 amide bonds. The maximum Gasteiger partial charge on any atom is 0.0662 e. The molecule has 0 radical (unpaired) electrons. The Labute approximate surface area is 117 Å². The fraction of sp³-hybridized carbons (Fsp3) is 0.800. The second-order valence-electron chi connectivity index (χ2n) is 5.87. The maximum atomic E-state index is 5.63. The Balaban J connectivity index is 2.21. The molecule has 0 aliphatic rings. The molecule has 19 heavy (non-hydrogen) atoms. The Bertz CT molecular complexity index is 334. The lowest BCUT2D eigenvalue weighted by Crippen LogP contribution is -2.22. The Morgan fingerprint density at radius 1 is 1.21 bits per heavy atom. The van der Waals surface area contributed by atoms with E-state index in [1.807, 2.05) is 10.9 Å². The molecule has 0 unspecified atom stereocenters. The average molecular weight is 267 g/mol. The molecule has 0 aliphatic heterocycles. The van der Waals surface area contributed by atoms with E-state index in [0.717, 1.165) is 39.3 Å². The van der Waals surface area contributed by atoms with Crippen LogP contribution in [0.1, 0.15) is 39.8 Å². The summed E-state index contributed by atoms with van der Waals surface area (Å²) in [6, 6.07) is 2.07. The van der Waals surface area contributed by atoms with Crippen molar-refractivity contribution < 1.29 is 4.74 Å². The smallest absolute Gasteiger partial charge is 0.0662 e. The van der Waals surface area contributed by atoms with Crippen LogP contribution in [-0.4, -0.2) is 29.5 Å². The molecule has 110 valence electrons. The third-order valence-corrected chi connectivity index (χ3v) is 2.95. The van der Waals surface area contributed by atoms with E-state index in [-0.39, 0.29) is 0 Å². The number of nitrogens with one attached hydrogen (secondary N) is 1. The van der Waals surface area contributed by atoms with Gasteiger partial charge < -0.3 is 10.1 Å². The zero-order chi connectivity index (χ0) is 14.1. The van der Waals surface area contributed by atoms with Crippen molar-refractivity contribution >= 4 is 0 Å². The van der Waals surface area contributed by atoms with Crippen molar-refractivity contribution in [1.82, 2.24) is 15.1 Å². The van der Waals surface area contributed by atoms with E-state index in [2.05, 4.69) is 44.2 Å². The van der Waals surface area contributed by atoms with Crippen LogP contribution >= 0.6 is 0 Å². The first kappa shape index (κ1) is 16.2. The maximum absolute atomic E-state index is 5.63. The first-order chi connectivity index (χ1) is 9.09. The molecule has 0 aromatic carbocycles. The second-order valence-corrected chi connectivity index (χ2v) is 5.87. The minimum absolute atomic E-state index is 0.677. The molecule has 0 aliphatic carbocycles. The van der Waals surface area contributed by atoms with Gasteiger partial charge in [-0.25, -0.2) is 0 Å². The molecule has 4 heteroatoms. The van der Waals surface area contributed by atoms with Crippen LogP contribution < -0.4 is 5.32 Å². The highest BCUT2D eigenvalue weighted by molar-refractivity contribution is 4.99. The predicted molar refractivity (Wildman–Crippen MR) is 79.0 cm³/mol. The van der Waals surface area contributed by atoms with Gasteiger partial charge in [-0.3, -0.25) is 4.68 Å². The van der Waals surface area contributed by atoms with E-state index in [4.69, 9.17) is 4.74 Å². The van der Waals surface area contributed by atoms with Crippen LogP contribution in [0.5, 0.6) is 0 Å². The third kappa shape index (κ3) is 7.33. The first-order valence-electron chi connectivity index (χ1n) is 7.38. The molecule has 1 heterocycles. The lowest BCUT2D eigenvalue weighted by atomic mass is 10.1. The van der Waals surface area contributed by atoms with Crippen molar-refractivity contribution in [2.45, 2.75) is 47.2 Å². The summed E-state index contributed by atoms with van der Waals surface area (Å²) in [5, 5.41) is 7.79. The Morgan fingerprint density at radius 3 is 2.68 bits per heavy atom. The predicted octanol–water partition coefficient (Wildman–Crippen LogP) is 2.69. The highest BCUT2D eigenvalue weighted by Crippen LogP contribution is 2.01. The standard InChI is InChI=1S/C15H29N3O/c1-13(2)6-9-19-10-8-18-15(5-7-17-18)12-16-11-14(3)4/h5,7,13-14,16H,6,8-12H2,1-4H3. The van der Waals surface area contributed by atoms with Crippen molar-refractivity contribution in [3.63, 3.8) is 0 Å². The second kappa shape index (κ2) is 9.10. The van der Waals surface area contributed by atoms with Crippen LogP contribution in [0.3, 0.4) is 0 Å². The first-order valence-corrected chi connectivity index (χ1v) is 7.38. The van der Waals surface area contributed by atoms with E-state index >= 15 is 0 Å². The highest BCUT2D eigenvalue weighted by Gasteiger charge is 2.03. The summed E-state index contributed by atoms with van der Waals surface area (Å²) in [6.45, 7) is 13.2. The monoisotopic (exact) mass is 267 g/mol. The molecule has 1 rings (SSSR count). The summed E-state index contributed by atoms with van der Waals surface area (Å²) in [6.07, 6.45) is 2.99. The quantitative estimate of drug-likeness (QED) is 0.662. The van der Waals surface area contributed by atoms with Gasteiger partial charge in [0.2, 0.25) is 0 Å². The van der Waals surface area contributed by atoms with Crippen LogP contribution in [0, 0.1) is 11.8 Å². The summed E-state index contributed by atoms with van der Waals surface area (Å²) in [5.74, 6) is 1.39. The van der Waals surface area contributed by atoms with Gasteiger partial charge in [0, 0.05) is 19.3 Å².